The molecule has 0 unspecified atom stereocenters. The van der Waals surface area contributed by atoms with Crippen molar-refractivity contribution in [1.29, 1.82) is 0 Å². The van der Waals surface area contributed by atoms with Gasteiger partial charge < -0.3 is 14.2 Å². The third kappa shape index (κ3) is 10.5. The Morgan fingerprint density at radius 1 is 0.833 bits per heavy atom. The summed E-state index contributed by atoms with van der Waals surface area (Å²) < 4.78 is 15.9. The lowest BCUT2D eigenvalue weighted by Gasteiger charge is -2.12. The minimum absolute atomic E-state index is 0.0605. The quantitative estimate of drug-likeness (QED) is 0.195. The van der Waals surface area contributed by atoms with Crippen molar-refractivity contribution in [3.8, 4) is 17.2 Å². The van der Waals surface area contributed by atoms with Crippen LogP contribution in [0.1, 0.15) is 89.5 Å². The maximum Gasteiger partial charge on any atom is 0.240 e. The molecule has 0 aliphatic heterocycles. The summed E-state index contributed by atoms with van der Waals surface area (Å²) in [5.41, 5.74) is 3.34. The Bertz CT molecular complexity index is 607. The highest BCUT2D eigenvalue weighted by Crippen LogP contribution is 2.37. The van der Waals surface area contributed by atoms with E-state index in [1.54, 1.807) is 39.7 Å². The molecule has 1 N–H and O–H groups in total. The Kier molecular flexibility index (Phi) is 14.2. The van der Waals surface area contributed by atoms with Gasteiger partial charge in [0.25, 0.3) is 0 Å². The lowest BCUT2D eigenvalue weighted by molar-refractivity contribution is -0.121. The number of benzene rings is 1. The van der Waals surface area contributed by atoms with Crippen LogP contribution in [0.15, 0.2) is 17.2 Å². The number of hydrazone groups is 1. The highest BCUT2D eigenvalue weighted by Gasteiger charge is 2.12. The fourth-order valence-corrected chi connectivity index (χ4v) is 3.36. The molecule has 30 heavy (non-hydrogen) atoms. The minimum atomic E-state index is -0.0605. The molecule has 0 heterocycles. The highest BCUT2D eigenvalue weighted by molar-refractivity contribution is 5.84. The van der Waals surface area contributed by atoms with Crippen LogP contribution < -0.4 is 19.6 Å². The van der Waals surface area contributed by atoms with Crippen LogP contribution in [-0.2, 0) is 4.79 Å². The van der Waals surface area contributed by atoms with E-state index in [1.807, 2.05) is 0 Å². The van der Waals surface area contributed by atoms with Crippen molar-refractivity contribution in [3.05, 3.63) is 17.7 Å². The Morgan fingerprint density at radius 3 is 1.80 bits per heavy atom. The smallest absolute Gasteiger partial charge is 0.240 e. The van der Waals surface area contributed by atoms with Crippen molar-refractivity contribution < 1.29 is 19.0 Å². The molecule has 0 aliphatic carbocycles. The van der Waals surface area contributed by atoms with Crippen LogP contribution in [0, 0.1) is 0 Å². The third-order valence-corrected chi connectivity index (χ3v) is 5.10. The van der Waals surface area contributed by atoms with Gasteiger partial charge >= 0.3 is 0 Å². The second-order valence-electron chi connectivity index (χ2n) is 7.54. The molecule has 1 aromatic rings. The van der Waals surface area contributed by atoms with E-state index in [0.29, 0.717) is 23.7 Å². The summed E-state index contributed by atoms with van der Waals surface area (Å²) in [5.74, 6) is 1.56. The monoisotopic (exact) mass is 420 g/mol. The number of nitrogens with zero attached hydrogens (tertiary/aromatic N) is 1. The van der Waals surface area contributed by atoms with Gasteiger partial charge in [0.05, 0.1) is 27.5 Å². The van der Waals surface area contributed by atoms with Crippen LogP contribution in [0.2, 0.25) is 0 Å². The number of unbranched alkanes of at least 4 members (excludes halogenated alkanes) is 10. The number of nitrogens with one attached hydrogen (secondary N) is 1. The molecule has 0 radical (unpaired) electrons. The normalized spacial score (nSPS) is 10.9. The van der Waals surface area contributed by atoms with E-state index in [4.69, 9.17) is 14.2 Å². The molecule has 0 saturated carbocycles. The Labute approximate surface area is 182 Å². The molecule has 0 fully saturated rings. The van der Waals surface area contributed by atoms with Crippen molar-refractivity contribution in [2.24, 2.45) is 5.10 Å². The molecule has 0 aliphatic rings. The zero-order valence-corrected chi connectivity index (χ0v) is 19.3. The first kappa shape index (κ1) is 25.8. The van der Waals surface area contributed by atoms with Gasteiger partial charge in [-0.05, 0) is 18.6 Å². The first-order valence-corrected chi connectivity index (χ1v) is 11.3. The van der Waals surface area contributed by atoms with Crippen molar-refractivity contribution in [1.82, 2.24) is 5.43 Å². The second-order valence-corrected chi connectivity index (χ2v) is 7.54. The first-order valence-electron chi connectivity index (χ1n) is 11.3. The van der Waals surface area contributed by atoms with Crippen LogP contribution in [0.25, 0.3) is 0 Å². The van der Waals surface area contributed by atoms with Crippen molar-refractivity contribution in [2.45, 2.75) is 84.0 Å². The van der Waals surface area contributed by atoms with E-state index >= 15 is 0 Å². The van der Waals surface area contributed by atoms with Crippen LogP contribution >= 0.6 is 0 Å². The first-order chi connectivity index (χ1) is 14.7. The fraction of sp³-hybridized carbons (Fsp3) is 0.667. The number of ether oxygens (including phenoxy) is 3. The number of carbonyl (C=O) groups is 1. The molecular weight excluding hydrogens is 380 g/mol. The SMILES string of the molecule is CCCCCCCCCCCCCC(=O)NN=Cc1cc(OC)c(OC)c(OC)c1. The Balaban J connectivity index is 2.20. The average molecular weight is 421 g/mol. The van der Waals surface area contributed by atoms with Gasteiger partial charge in [0.2, 0.25) is 11.7 Å². The van der Waals surface area contributed by atoms with E-state index < -0.39 is 0 Å². The fourth-order valence-electron chi connectivity index (χ4n) is 3.36. The topological polar surface area (TPSA) is 69.2 Å². The van der Waals surface area contributed by atoms with Crippen LogP contribution in [0.4, 0.5) is 0 Å². The van der Waals surface area contributed by atoms with E-state index in [1.165, 1.54) is 57.8 Å². The summed E-state index contributed by atoms with van der Waals surface area (Å²) in [5, 5.41) is 4.04. The molecule has 0 spiro atoms. The lowest BCUT2D eigenvalue weighted by atomic mass is 10.1. The van der Waals surface area contributed by atoms with Gasteiger partial charge in [0.15, 0.2) is 11.5 Å². The van der Waals surface area contributed by atoms with Gasteiger partial charge in [-0.3, -0.25) is 4.79 Å². The summed E-state index contributed by atoms with van der Waals surface area (Å²) >= 11 is 0. The summed E-state index contributed by atoms with van der Waals surface area (Å²) in [6.07, 6.45) is 16.0. The largest absolute Gasteiger partial charge is 0.493 e. The molecular formula is C24H40N2O4. The molecule has 0 bridgehead atoms. The molecule has 6 heteroatoms. The highest BCUT2D eigenvalue weighted by atomic mass is 16.5. The zero-order chi connectivity index (χ0) is 22.0. The molecule has 1 rings (SSSR count). The van der Waals surface area contributed by atoms with Gasteiger partial charge in [-0.2, -0.15) is 5.10 Å². The standard InChI is InChI=1S/C24H40N2O4/c1-5-6-7-8-9-10-11-12-13-14-15-16-23(27)26-25-19-20-17-21(28-2)24(30-4)22(18-20)29-3/h17-19H,5-16H2,1-4H3,(H,26,27). The summed E-state index contributed by atoms with van der Waals surface area (Å²) in [6, 6.07) is 3.56. The molecule has 1 aromatic carbocycles. The number of amides is 1. The Hall–Kier alpha value is -2.24. The number of hydrogen-bond donors (Lipinski definition) is 1. The van der Waals surface area contributed by atoms with Crippen molar-refractivity contribution in [3.63, 3.8) is 0 Å². The number of rotatable bonds is 17. The van der Waals surface area contributed by atoms with E-state index in [0.717, 1.165) is 18.4 Å². The van der Waals surface area contributed by atoms with E-state index in [9.17, 15) is 4.79 Å². The lowest BCUT2D eigenvalue weighted by Crippen LogP contribution is -2.16. The summed E-state index contributed by atoms with van der Waals surface area (Å²) in [4.78, 5) is 11.9. The number of carbonyl (C=O) groups excluding carboxylic acids is 1. The molecule has 0 saturated heterocycles. The number of methoxy groups -OCH3 is 3. The predicted molar refractivity (Wildman–Crippen MR) is 123 cm³/mol. The van der Waals surface area contributed by atoms with Gasteiger partial charge in [0, 0.05) is 12.0 Å². The number of hydrogen-bond acceptors (Lipinski definition) is 5. The molecule has 0 aromatic heterocycles. The van der Waals surface area contributed by atoms with Crippen LogP contribution in [0.5, 0.6) is 17.2 Å². The summed E-state index contributed by atoms with van der Waals surface area (Å²) in [6.45, 7) is 2.25. The zero-order valence-electron chi connectivity index (χ0n) is 19.3. The van der Waals surface area contributed by atoms with E-state index in [-0.39, 0.29) is 5.91 Å². The Morgan fingerprint density at radius 2 is 1.33 bits per heavy atom. The predicted octanol–water partition coefficient (Wildman–Crippen LogP) is 5.86. The van der Waals surface area contributed by atoms with Gasteiger partial charge in [0.1, 0.15) is 0 Å². The molecule has 0 atom stereocenters. The molecule has 6 nitrogen and oxygen atoms in total. The van der Waals surface area contributed by atoms with Crippen LogP contribution in [-0.4, -0.2) is 33.5 Å². The summed E-state index contributed by atoms with van der Waals surface area (Å²) in [7, 11) is 4.68. The minimum Gasteiger partial charge on any atom is -0.493 e. The second kappa shape index (κ2) is 16.5. The van der Waals surface area contributed by atoms with Crippen LogP contribution in [0.3, 0.4) is 0 Å². The van der Waals surface area contributed by atoms with Crippen molar-refractivity contribution in [2.75, 3.05) is 21.3 Å². The van der Waals surface area contributed by atoms with E-state index in [2.05, 4.69) is 17.5 Å². The van der Waals surface area contributed by atoms with Gasteiger partial charge in [-0.15, -0.1) is 0 Å². The third-order valence-electron chi connectivity index (χ3n) is 5.10. The average Bonchev–Trinajstić information content (AvgIpc) is 2.76. The molecule has 1 amide bonds. The van der Waals surface area contributed by atoms with Gasteiger partial charge in [-0.25, -0.2) is 5.43 Å². The van der Waals surface area contributed by atoms with Crippen molar-refractivity contribution >= 4 is 12.1 Å². The maximum atomic E-state index is 11.9. The molecule has 170 valence electrons. The maximum absolute atomic E-state index is 11.9. The van der Waals surface area contributed by atoms with Gasteiger partial charge in [-0.1, -0.05) is 71.1 Å².